The number of nitrogens with one attached hydrogen (secondary N) is 1. The van der Waals surface area contributed by atoms with E-state index in [-0.39, 0.29) is 11.9 Å². The molecule has 4 rings (SSSR count). The van der Waals surface area contributed by atoms with E-state index < -0.39 is 0 Å². The first-order chi connectivity index (χ1) is 15.1. The molecule has 0 radical (unpaired) electrons. The molecule has 2 aliphatic heterocycles. The molecule has 1 amide bonds. The highest BCUT2D eigenvalue weighted by molar-refractivity contribution is 5.78. The Kier molecular flexibility index (Phi) is 7.10. The lowest BCUT2D eigenvalue weighted by molar-refractivity contribution is -0.123. The highest BCUT2D eigenvalue weighted by Crippen LogP contribution is 2.32. The van der Waals surface area contributed by atoms with Gasteiger partial charge in [0.1, 0.15) is 0 Å². The Morgan fingerprint density at radius 2 is 1.68 bits per heavy atom. The SMILES string of the molecule is CC(C)C[C@H](NC(=O)CN1CCN(Cc2ccc3c(c2)OCO3)CC1)c1ccccc1. The Morgan fingerprint density at radius 1 is 0.968 bits per heavy atom. The molecule has 6 nitrogen and oxygen atoms in total. The topological polar surface area (TPSA) is 54.0 Å². The molecule has 0 saturated carbocycles. The molecule has 31 heavy (non-hydrogen) atoms. The van der Waals surface area contributed by atoms with Gasteiger partial charge in [-0.15, -0.1) is 0 Å². The summed E-state index contributed by atoms with van der Waals surface area (Å²) in [6, 6.07) is 16.5. The molecule has 0 aliphatic carbocycles. The van der Waals surface area contributed by atoms with Gasteiger partial charge in [0.05, 0.1) is 12.6 Å². The number of carbonyl (C=O) groups is 1. The number of amides is 1. The van der Waals surface area contributed by atoms with E-state index in [1.807, 2.05) is 24.3 Å². The number of hydrogen-bond acceptors (Lipinski definition) is 5. The van der Waals surface area contributed by atoms with E-state index in [4.69, 9.17) is 9.47 Å². The maximum absolute atomic E-state index is 12.8. The Bertz CT molecular complexity index is 864. The van der Waals surface area contributed by atoms with Gasteiger partial charge in [0.2, 0.25) is 12.7 Å². The van der Waals surface area contributed by atoms with E-state index >= 15 is 0 Å². The highest BCUT2D eigenvalue weighted by atomic mass is 16.7. The number of benzene rings is 2. The number of nitrogens with zero attached hydrogens (tertiary/aromatic N) is 2. The van der Waals surface area contributed by atoms with Crippen LogP contribution in [0, 0.1) is 5.92 Å². The second-order valence-electron chi connectivity index (χ2n) is 8.90. The number of piperazine rings is 1. The van der Waals surface area contributed by atoms with E-state index in [0.717, 1.165) is 50.6 Å². The largest absolute Gasteiger partial charge is 0.454 e. The third-order valence-electron chi connectivity index (χ3n) is 5.92. The Labute approximate surface area is 185 Å². The van der Waals surface area contributed by atoms with Crippen molar-refractivity contribution in [2.45, 2.75) is 32.9 Å². The van der Waals surface area contributed by atoms with Crippen molar-refractivity contribution < 1.29 is 14.3 Å². The van der Waals surface area contributed by atoms with Crippen molar-refractivity contribution in [1.82, 2.24) is 15.1 Å². The van der Waals surface area contributed by atoms with Crippen LogP contribution in [0.4, 0.5) is 0 Å². The maximum Gasteiger partial charge on any atom is 0.234 e. The fourth-order valence-corrected chi connectivity index (χ4v) is 4.28. The van der Waals surface area contributed by atoms with Gasteiger partial charge in [0.25, 0.3) is 0 Å². The van der Waals surface area contributed by atoms with Gasteiger partial charge in [-0.1, -0.05) is 50.2 Å². The van der Waals surface area contributed by atoms with Gasteiger partial charge in [0.15, 0.2) is 11.5 Å². The van der Waals surface area contributed by atoms with E-state index in [2.05, 4.69) is 53.2 Å². The third-order valence-corrected chi connectivity index (χ3v) is 5.92. The minimum atomic E-state index is 0.0704. The van der Waals surface area contributed by atoms with Gasteiger partial charge < -0.3 is 14.8 Å². The van der Waals surface area contributed by atoms with Gasteiger partial charge in [-0.2, -0.15) is 0 Å². The molecule has 6 heteroatoms. The highest BCUT2D eigenvalue weighted by Gasteiger charge is 2.22. The molecule has 0 aromatic heterocycles. The van der Waals surface area contributed by atoms with Crippen LogP contribution in [0.5, 0.6) is 11.5 Å². The van der Waals surface area contributed by atoms with E-state index in [1.165, 1.54) is 11.1 Å². The standard InChI is InChI=1S/C25H33N3O3/c1-19(2)14-22(21-6-4-3-5-7-21)26-25(29)17-28-12-10-27(11-13-28)16-20-8-9-23-24(15-20)31-18-30-23/h3-9,15,19,22H,10-14,16-18H2,1-2H3,(H,26,29)/t22-/m0/s1. The van der Waals surface area contributed by atoms with Crippen molar-refractivity contribution in [1.29, 1.82) is 0 Å². The molecule has 1 fully saturated rings. The zero-order valence-electron chi connectivity index (χ0n) is 18.5. The average Bonchev–Trinajstić information content (AvgIpc) is 3.23. The molecular formula is C25H33N3O3. The van der Waals surface area contributed by atoms with Crippen LogP contribution in [0.25, 0.3) is 0 Å². The molecule has 166 valence electrons. The second kappa shape index (κ2) is 10.2. The second-order valence-corrected chi connectivity index (χ2v) is 8.90. The number of rotatable bonds is 8. The summed E-state index contributed by atoms with van der Waals surface area (Å²) in [6.07, 6.45) is 0.944. The quantitative estimate of drug-likeness (QED) is 0.705. The molecule has 2 aromatic carbocycles. The molecule has 0 spiro atoms. The minimum Gasteiger partial charge on any atom is -0.454 e. The molecule has 2 aromatic rings. The van der Waals surface area contributed by atoms with Gasteiger partial charge in [0, 0.05) is 32.7 Å². The average molecular weight is 424 g/mol. The lowest BCUT2D eigenvalue weighted by atomic mass is 9.97. The molecule has 2 aliphatic rings. The molecule has 0 bridgehead atoms. The summed E-state index contributed by atoms with van der Waals surface area (Å²) in [5.74, 6) is 2.29. The first kappa shape index (κ1) is 21.7. The van der Waals surface area contributed by atoms with Crippen LogP contribution in [0.2, 0.25) is 0 Å². The van der Waals surface area contributed by atoms with Gasteiger partial charge in [-0.25, -0.2) is 0 Å². The maximum atomic E-state index is 12.8. The van der Waals surface area contributed by atoms with Crippen molar-refractivity contribution in [2.75, 3.05) is 39.5 Å². The van der Waals surface area contributed by atoms with Gasteiger partial charge >= 0.3 is 0 Å². The first-order valence-corrected chi connectivity index (χ1v) is 11.2. The van der Waals surface area contributed by atoms with Crippen molar-refractivity contribution in [3.63, 3.8) is 0 Å². The zero-order valence-corrected chi connectivity index (χ0v) is 18.5. The van der Waals surface area contributed by atoms with Crippen LogP contribution >= 0.6 is 0 Å². The monoisotopic (exact) mass is 423 g/mol. The summed E-state index contributed by atoms with van der Waals surface area (Å²) in [4.78, 5) is 17.4. The molecule has 2 heterocycles. The summed E-state index contributed by atoms with van der Waals surface area (Å²) in [6.45, 7) is 9.76. The van der Waals surface area contributed by atoms with Crippen molar-refractivity contribution in [3.8, 4) is 11.5 Å². The Balaban J connectivity index is 1.24. The van der Waals surface area contributed by atoms with Crippen LogP contribution in [0.1, 0.15) is 37.4 Å². The molecule has 1 atom stereocenters. The van der Waals surface area contributed by atoms with Crippen LogP contribution in [0.15, 0.2) is 48.5 Å². The zero-order chi connectivity index (χ0) is 21.6. The summed E-state index contributed by atoms with van der Waals surface area (Å²) in [5.41, 5.74) is 2.41. The Morgan fingerprint density at radius 3 is 2.42 bits per heavy atom. The predicted octanol–water partition coefficient (Wildman–Crippen LogP) is 3.44. The van der Waals surface area contributed by atoms with Crippen molar-refractivity contribution in [3.05, 3.63) is 59.7 Å². The summed E-state index contributed by atoms with van der Waals surface area (Å²) in [7, 11) is 0. The normalized spacial score (nSPS) is 17.6. The number of carbonyl (C=O) groups excluding carboxylic acids is 1. The molecule has 1 saturated heterocycles. The van der Waals surface area contributed by atoms with E-state index in [1.54, 1.807) is 0 Å². The molecular weight excluding hydrogens is 390 g/mol. The number of fused-ring (bicyclic) bond motifs is 1. The van der Waals surface area contributed by atoms with Crippen LogP contribution in [0.3, 0.4) is 0 Å². The fourth-order valence-electron chi connectivity index (χ4n) is 4.28. The van der Waals surface area contributed by atoms with Crippen LogP contribution in [-0.4, -0.2) is 55.2 Å². The first-order valence-electron chi connectivity index (χ1n) is 11.2. The van der Waals surface area contributed by atoms with Gasteiger partial charge in [-0.05, 0) is 35.6 Å². The fraction of sp³-hybridized carbons (Fsp3) is 0.480. The number of ether oxygens (including phenoxy) is 2. The van der Waals surface area contributed by atoms with E-state index in [9.17, 15) is 4.79 Å². The summed E-state index contributed by atoms with van der Waals surface area (Å²) < 4.78 is 10.9. The Hall–Kier alpha value is -2.57. The van der Waals surface area contributed by atoms with Crippen molar-refractivity contribution in [2.24, 2.45) is 5.92 Å². The van der Waals surface area contributed by atoms with Crippen molar-refractivity contribution >= 4 is 5.91 Å². The van der Waals surface area contributed by atoms with E-state index in [0.29, 0.717) is 19.3 Å². The number of hydrogen-bond donors (Lipinski definition) is 1. The van der Waals surface area contributed by atoms with Crippen LogP contribution < -0.4 is 14.8 Å². The molecule has 0 unspecified atom stereocenters. The van der Waals surface area contributed by atoms with Gasteiger partial charge in [-0.3, -0.25) is 14.6 Å². The van der Waals surface area contributed by atoms with Crippen LogP contribution in [-0.2, 0) is 11.3 Å². The summed E-state index contributed by atoms with van der Waals surface area (Å²) >= 11 is 0. The third kappa shape index (κ3) is 5.99. The lowest BCUT2D eigenvalue weighted by Gasteiger charge is -2.34. The lowest BCUT2D eigenvalue weighted by Crippen LogP contribution is -2.49. The predicted molar refractivity (Wildman–Crippen MR) is 121 cm³/mol. The minimum absolute atomic E-state index is 0.0704. The smallest absolute Gasteiger partial charge is 0.234 e. The molecule has 1 N–H and O–H groups in total. The summed E-state index contributed by atoms with van der Waals surface area (Å²) in [5, 5.41) is 3.27.